The van der Waals surface area contributed by atoms with Gasteiger partial charge in [0.05, 0.1) is 9.52 Å². The molecule has 0 nitrogen and oxygen atoms in total. The van der Waals surface area contributed by atoms with E-state index in [1.807, 2.05) is 0 Å². The van der Waals surface area contributed by atoms with Gasteiger partial charge < -0.3 is 1.43 Å². The Balaban J connectivity index is 0.000000807. The van der Waals surface area contributed by atoms with Gasteiger partial charge in [0.1, 0.15) is 0 Å². The number of hydrogen-bond acceptors (Lipinski definition) is 0. The molecule has 0 heterocycles. The van der Waals surface area contributed by atoms with Gasteiger partial charge in [0, 0.05) is 0 Å². The van der Waals surface area contributed by atoms with Gasteiger partial charge in [-0.15, -0.1) is 0 Å². The van der Waals surface area contributed by atoms with Gasteiger partial charge in [0.2, 0.25) is 0 Å². The summed E-state index contributed by atoms with van der Waals surface area (Å²) in [5.41, 5.74) is 6.98. The molecule has 0 aromatic heterocycles. The molecule has 4 rings (SSSR count). The minimum absolute atomic E-state index is 0. The van der Waals surface area contributed by atoms with Crippen LogP contribution in [-0.2, 0) is 0 Å². The average molecular weight is 282 g/mol. The van der Waals surface area contributed by atoms with Crippen molar-refractivity contribution in [3.63, 3.8) is 0 Å². The fourth-order valence-corrected chi connectivity index (χ4v) is 4.67. The molecule has 2 aromatic rings. The van der Waals surface area contributed by atoms with Crippen molar-refractivity contribution in [2.45, 2.75) is 11.1 Å². The molecule has 0 bridgehead atoms. The molecule has 2 aliphatic carbocycles. The zero-order chi connectivity index (χ0) is 12.7. The summed E-state index contributed by atoms with van der Waals surface area (Å²) in [4.78, 5) is 0. The summed E-state index contributed by atoms with van der Waals surface area (Å²) in [5.74, 6) is 0. The molecule has 20 heavy (non-hydrogen) atoms. The van der Waals surface area contributed by atoms with Crippen LogP contribution < -0.4 is 29.6 Å². The van der Waals surface area contributed by atoms with Crippen LogP contribution in [0.5, 0.6) is 0 Å². The minimum Gasteiger partial charge on any atom is -1.00 e. The summed E-state index contributed by atoms with van der Waals surface area (Å²) in [7, 11) is 0.900. The molecule has 0 saturated carbocycles. The van der Waals surface area contributed by atoms with Crippen molar-refractivity contribution in [1.29, 1.82) is 0 Å². The van der Waals surface area contributed by atoms with Crippen LogP contribution in [0.3, 0.4) is 0 Å². The molecule has 92 valence electrons. The van der Waals surface area contributed by atoms with Crippen LogP contribution in [0.2, 0.25) is 0 Å². The number of fused-ring (bicyclic) bond motifs is 2. The van der Waals surface area contributed by atoms with E-state index in [1.54, 1.807) is 0 Å². The Labute approximate surface area is 146 Å². The van der Waals surface area contributed by atoms with Crippen LogP contribution >= 0.6 is 0 Å². The van der Waals surface area contributed by atoms with Crippen LogP contribution in [0.25, 0.3) is 12.2 Å². The van der Waals surface area contributed by atoms with Gasteiger partial charge in [-0.05, 0) is 33.3 Å². The molecule has 0 amide bonds. The second-order valence-corrected chi connectivity index (χ2v) is 6.68. The SMILES string of the molecule is C1=CC([Si]C2C=Cc3ccccc32)c2ccccc21.[H-].[Na+]. The summed E-state index contributed by atoms with van der Waals surface area (Å²) in [6, 6.07) is 17.5. The molecule has 2 aliphatic rings. The van der Waals surface area contributed by atoms with Crippen molar-refractivity contribution in [3.05, 3.63) is 82.9 Å². The second-order valence-electron chi connectivity index (χ2n) is 5.10. The van der Waals surface area contributed by atoms with Gasteiger partial charge in [-0.3, -0.25) is 0 Å². The molecule has 0 aliphatic heterocycles. The van der Waals surface area contributed by atoms with E-state index < -0.39 is 0 Å². The van der Waals surface area contributed by atoms with E-state index in [2.05, 4.69) is 72.8 Å². The maximum absolute atomic E-state index is 2.37. The summed E-state index contributed by atoms with van der Waals surface area (Å²) in [6.07, 6.45) is 9.30. The van der Waals surface area contributed by atoms with Crippen LogP contribution in [0.15, 0.2) is 60.7 Å². The normalized spacial score (nSPS) is 21.4. The predicted octanol–water partition coefficient (Wildman–Crippen LogP) is 1.34. The van der Waals surface area contributed by atoms with E-state index in [0.29, 0.717) is 11.1 Å². The Bertz CT molecular complexity index is 634. The molecule has 0 N–H and O–H groups in total. The number of benzene rings is 2. The van der Waals surface area contributed by atoms with E-state index in [1.165, 1.54) is 22.3 Å². The first-order valence-electron chi connectivity index (χ1n) is 6.72. The van der Waals surface area contributed by atoms with Crippen molar-refractivity contribution in [2.75, 3.05) is 0 Å². The van der Waals surface area contributed by atoms with Crippen molar-refractivity contribution in [2.24, 2.45) is 0 Å². The zero-order valence-corrected chi connectivity index (χ0v) is 14.6. The average Bonchev–Trinajstić information content (AvgIpc) is 3.05. The third kappa shape index (κ3) is 2.40. The molecule has 2 unspecified atom stereocenters. The molecular weight excluding hydrogens is 267 g/mol. The van der Waals surface area contributed by atoms with E-state index in [9.17, 15) is 0 Å². The minimum atomic E-state index is 0. The quantitative estimate of drug-likeness (QED) is 0.729. The monoisotopic (exact) mass is 282 g/mol. The molecule has 2 aromatic carbocycles. The number of allylic oxidation sites excluding steroid dienone is 2. The van der Waals surface area contributed by atoms with Gasteiger partial charge in [-0.25, -0.2) is 0 Å². The van der Waals surface area contributed by atoms with Crippen LogP contribution in [-0.4, -0.2) is 9.52 Å². The first kappa shape index (κ1) is 14.1. The third-order valence-corrected chi connectivity index (χ3v) is 5.68. The summed E-state index contributed by atoms with van der Waals surface area (Å²) >= 11 is 0. The summed E-state index contributed by atoms with van der Waals surface area (Å²) < 4.78 is 0. The fraction of sp³-hybridized carbons (Fsp3) is 0.111. The first-order valence-corrected chi connectivity index (χ1v) is 7.87. The van der Waals surface area contributed by atoms with Crippen molar-refractivity contribution in [3.8, 4) is 0 Å². The molecule has 2 atom stereocenters. The van der Waals surface area contributed by atoms with Gasteiger partial charge in [0.15, 0.2) is 0 Å². The summed E-state index contributed by atoms with van der Waals surface area (Å²) in [6.45, 7) is 0. The van der Waals surface area contributed by atoms with E-state index in [0.717, 1.165) is 9.52 Å². The van der Waals surface area contributed by atoms with Crippen molar-refractivity contribution in [1.82, 2.24) is 0 Å². The molecule has 2 radical (unpaired) electrons. The van der Waals surface area contributed by atoms with Gasteiger partial charge in [-0.2, -0.15) is 0 Å². The van der Waals surface area contributed by atoms with Crippen LogP contribution in [0.4, 0.5) is 0 Å². The van der Waals surface area contributed by atoms with E-state index in [-0.39, 0.29) is 31.0 Å². The predicted molar refractivity (Wildman–Crippen MR) is 83.3 cm³/mol. The zero-order valence-electron chi connectivity index (χ0n) is 12.6. The first-order chi connectivity index (χ1) is 9.42. The number of hydrogen-bond donors (Lipinski definition) is 0. The third-order valence-electron chi connectivity index (χ3n) is 3.96. The Morgan fingerprint density at radius 1 is 0.700 bits per heavy atom. The fourth-order valence-electron chi connectivity index (χ4n) is 2.98. The molecule has 2 heteroatoms. The second kappa shape index (κ2) is 5.86. The Morgan fingerprint density at radius 2 is 1.15 bits per heavy atom. The van der Waals surface area contributed by atoms with E-state index >= 15 is 0 Å². The standard InChI is InChI=1S/C18H14Si.Na.H/c1-3-7-15-13(5-1)9-11-17(15)19-18-12-10-14-6-2-4-8-16(14)18;;/h1-12,17-18H;;/q;+1;-1. The molecule has 0 saturated heterocycles. The van der Waals surface area contributed by atoms with Gasteiger partial charge in [-0.1, -0.05) is 72.8 Å². The Morgan fingerprint density at radius 3 is 1.65 bits per heavy atom. The Kier molecular flexibility index (Phi) is 4.13. The molecule has 0 fully saturated rings. The van der Waals surface area contributed by atoms with Crippen LogP contribution in [0.1, 0.15) is 34.8 Å². The maximum atomic E-state index is 2.37. The number of rotatable bonds is 2. The van der Waals surface area contributed by atoms with Crippen molar-refractivity contribution >= 4 is 21.7 Å². The Hall–Kier alpha value is -0.863. The molecular formula is C18H15NaSi. The van der Waals surface area contributed by atoms with Gasteiger partial charge >= 0.3 is 29.6 Å². The van der Waals surface area contributed by atoms with Crippen LogP contribution in [0, 0.1) is 0 Å². The molecule has 0 spiro atoms. The maximum Gasteiger partial charge on any atom is 1.00 e. The largest absolute Gasteiger partial charge is 1.00 e. The van der Waals surface area contributed by atoms with Gasteiger partial charge in [0.25, 0.3) is 0 Å². The summed E-state index contributed by atoms with van der Waals surface area (Å²) in [5, 5.41) is 0. The topological polar surface area (TPSA) is 0 Å². The van der Waals surface area contributed by atoms with E-state index in [4.69, 9.17) is 0 Å². The van der Waals surface area contributed by atoms with Crippen molar-refractivity contribution < 1.29 is 31.0 Å². The smallest absolute Gasteiger partial charge is 1.00 e.